The number of anilines is 1. The van der Waals surface area contributed by atoms with Crippen LogP contribution in [0.25, 0.3) is 0 Å². The molecular formula is C15H20N2O4. The first kappa shape index (κ1) is 15.2. The fourth-order valence-electron chi connectivity index (χ4n) is 2.84. The van der Waals surface area contributed by atoms with Crippen molar-refractivity contribution in [1.82, 2.24) is 4.90 Å². The number of carboxylic acid groups (broad SMARTS) is 1. The smallest absolute Gasteiger partial charge is 0.339 e. The molecule has 1 aliphatic rings. The Morgan fingerprint density at radius 1 is 1.38 bits per heavy atom. The number of carboxylic acids is 1. The molecule has 1 aromatic rings. The van der Waals surface area contributed by atoms with Crippen LogP contribution in [-0.4, -0.2) is 39.2 Å². The average Bonchev–Trinajstić information content (AvgIpc) is 2.81. The minimum Gasteiger partial charge on any atom is -0.505 e. The van der Waals surface area contributed by atoms with Crippen LogP contribution in [0.2, 0.25) is 0 Å². The van der Waals surface area contributed by atoms with Crippen LogP contribution in [0.15, 0.2) is 18.2 Å². The number of aromatic carboxylic acids is 1. The molecule has 1 fully saturated rings. The number of para-hydroxylation sites is 1. The Labute approximate surface area is 123 Å². The largest absolute Gasteiger partial charge is 0.505 e. The van der Waals surface area contributed by atoms with Crippen LogP contribution >= 0.6 is 0 Å². The highest BCUT2D eigenvalue weighted by Gasteiger charge is 2.33. The van der Waals surface area contributed by atoms with Crippen LogP contribution in [0, 0.1) is 0 Å². The highest BCUT2D eigenvalue weighted by molar-refractivity contribution is 5.97. The summed E-state index contributed by atoms with van der Waals surface area (Å²) < 4.78 is 0. The third kappa shape index (κ3) is 2.94. The number of phenols is 1. The number of benzene rings is 1. The summed E-state index contributed by atoms with van der Waals surface area (Å²) >= 11 is 0. The second-order valence-corrected chi connectivity index (χ2v) is 5.33. The average molecular weight is 292 g/mol. The maximum Gasteiger partial charge on any atom is 0.339 e. The predicted molar refractivity (Wildman–Crippen MR) is 78.7 cm³/mol. The molecule has 0 aromatic heterocycles. The molecule has 6 heteroatoms. The van der Waals surface area contributed by atoms with E-state index in [1.165, 1.54) is 18.2 Å². The molecule has 1 aromatic carbocycles. The van der Waals surface area contributed by atoms with Gasteiger partial charge in [0.25, 0.3) is 0 Å². The van der Waals surface area contributed by atoms with Crippen LogP contribution in [0.3, 0.4) is 0 Å². The summed E-state index contributed by atoms with van der Waals surface area (Å²) in [6, 6.07) is 4.29. The van der Waals surface area contributed by atoms with Gasteiger partial charge in [0.1, 0.15) is 5.56 Å². The van der Waals surface area contributed by atoms with Crippen LogP contribution < -0.4 is 5.32 Å². The number of hydrogen-bond acceptors (Lipinski definition) is 3. The fraction of sp³-hybridized carbons (Fsp3) is 0.467. The molecule has 0 radical (unpaired) electrons. The maximum absolute atomic E-state index is 12.4. The molecule has 6 nitrogen and oxygen atoms in total. The third-order valence-corrected chi connectivity index (χ3v) is 4.00. The maximum atomic E-state index is 12.4. The molecule has 3 N–H and O–H groups in total. The van der Waals surface area contributed by atoms with Crippen molar-refractivity contribution >= 4 is 17.7 Å². The lowest BCUT2D eigenvalue weighted by molar-refractivity contribution is 0.0693. The lowest BCUT2D eigenvalue weighted by Gasteiger charge is -2.28. The molecule has 2 amide bonds. The Balaban J connectivity index is 2.20. The summed E-state index contributed by atoms with van der Waals surface area (Å²) in [5.41, 5.74) is -0.108. The SMILES string of the molecule is CCC1CCC(C)N1C(=O)Nc1cccc(C(=O)O)c1O. The Bertz CT molecular complexity index is 559. The van der Waals surface area contributed by atoms with Gasteiger partial charge in [0.15, 0.2) is 5.75 Å². The molecule has 1 saturated heterocycles. The molecule has 0 saturated carbocycles. The first-order valence-electron chi connectivity index (χ1n) is 7.10. The summed E-state index contributed by atoms with van der Waals surface area (Å²) in [6.45, 7) is 4.02. The van der Waals surface area contributed by atoms with E-state index in [4.69, 9.17) is 5.11 Å². The summed E-state index contributed by atoms with van der Waals surface area (Å²) in [5, 5.41) is 21.5. The molecule has 0 bridgehead atoms. The van der Waals surface area contributed by atoms with Crippen molar-refractivity contribution in [2.75, 3.05) is 5.32 Å². The van der Waals surface area contributed by atoms with Crippen molar-refractivity contribution in [3.63, 3.8) is 0 Å². The van der Waals surface area contributed by atoms with Crippen LogP contribution in [-0.2, 0) is 0 Å². The van der Waals surface area contributed by atoms with Crippen molar-refractivity contribution in [2.24, 2.45) is 0 Å². The molecule has 21 heavy (non-hydrogen) atoms. The van der Waals surface area contributed by atoms with E-state index in [9.17, 15) is 14.7 Å². The first-order chi connectivity index (χ1) is 9.95. The number of aromatic hydroxyl groups is 1. The van der Waals surface area contributed by atoms with Gasteiger partial charge in [-0.2, -0.15) is 0 Å². The molecular weight excluding hydrogens is 272 g/mol. The molecule has 2 rings (SSSR count). The normalized spacial score (nSPS) is 21.3. The minimum absolute atomic E-state index is 0.119. The number of amides is 2. The fourth-order valence-corrected chi connectivity index (χ4v) is 2.84. The second-order valence-electron chi connectivity index (χ2n) is 5.33. The van der Waals surface area contributed by atoms with Gasteiger partial charge < -0.3 is 20.4 Å². The number of nitrogens with zero attached hydrogens (tertiary/aromatic N) is 1. The molecule has 1 heterocycles. The molecule has 1 aliphatic heterocycles. The van der Waals surface area contributed by atoms with Crippen LogP contribution in [0.1, 0.15) is 43.5 Å². The zero-order valence-corrected chi connectivity index (χ0v) is 12.2. The highest BCUT2D eigenvalue weighted by atomic mass is 16.4. The minimum atomic E-state index is -1.23. The van der Waals surface area contributed by atoms with Crippen molar-refractivity contribution in [3.05, 3.63) is 23.8 Å². The quantitative estimate of drug-likeness (QED) is 0.747. The highest BCUT2D eigenvalue weighted by Crippen LogP contribution is 2.30. The van der Waals surface area contributed by atoms with E-state index in [1.807, 2.05) is 13.8 Å². The topological polar surface area (TPSA) is 89.9 Å². The van der Waals surface area contributed by atoms with Gasteiger partial charge in [0.05, 0.1) is 5.69 Å². The number of rotatable bonds is 3. The van der Waals surface area contributed by atoms with E-state index in [0.717, 1.165) is 19.3 Å². The number of nitrogens with one attached hydrogen (secondary N) is 1. The molecule has 0 aliphatic carbocycles. The lowest BCUT2D eigenvalue weighted by atomic mass is 10.1. The van der Waals surface area contributed by atoms with Gasteiger partial charge in [-0.15, -0.1) is 0 Å². The van der Waals surface area contributed by atoms with Gasteiger partial charge >= 0.3 is 12.0 Å². The Hall–Kier alpha value is -2.24. The van der Waals surface area contributed by atoms with Crippen molar-refractivity contribution in [2.45, 2.75) is 45.2 Å². The summed E-state index contributed by atoms with van der Waals surface area (Å²) in [6.07, 6.45) is 2.79. The lowest BCUT2D eigenvalue weighted by Crippen LogP contribution is -2.42. The Morgan fingerprint density at radius 3 is 2.71 bits per heavy atom. The van der Waals surface area contributed by atoms with E-state index in [-0.39, 0.29) is 29.4 Å². The van der Waals surface area contributed by atoms with Crippen LogP contribution in [0.4, 0.5) is 10.5 Å². The van der Waals surface area contributed by atoms with E-state index in [2.05, 4.69) is 5.32 Å². The third-order valence-electron chi connectivity index (χ3n) is 4.00. The van der Waals surface area contributed by atoms with Gasteiger partial charge in [0, 0.05) is 12.1 Å². The predicted octanol–water partition coefficient (Wildman–Crippen LogP) is 2.89. The number of carbonyl (C=O) groups is 2. The van der Waals surface area contributed by atoms with Gasteiger partial charge in [0.2, 0.25) is 0 Å². The monoisotopic (exact) mass is 292 g/mol. The first-order valence-corrected chi connectivity index (χ1v) is 7.10. The molecule has 2 atom stereocenters. The Morgan fingerprint density at radius 2 is 2.10 bits per heavy atom. The van der Waals surface area contributed by atoms with Gasteiger partial charge in [-0.25, -0.2) is 9.59 Å². The summed E-state index contributed by atoms with van der Waals surface area (Å²) in [7, 11) is 0. The Kier molecular flexibility index (Phi) is 4.35. The summed E-state index contributed by atoms with van der Waals surface area (Å²) in [5.74, 6) is -1.65. The number of carbonyl (C=O) groups excluding carboxylic acids is 1. The van der Waals surface area contributed by atoms with Gasteiger partial charge in [-0.3, -0.25) is 0 Å². The van der Waals surface area contributed by atoms with Crippen LogP contribution in [0.5, 0.6) is 5.75 Å². The van der Waals surface area contributed by atoms with E-state index >= 15 is 0 Å². The number of urea groups is 1. The van der Waals surface area contributed by atoms with Crippen molar-refractivity contribution < 1.29 is 19.8 Å². The zero-order chi connectivity index (χ0) is 15.6. The van der Waals surface area contributed by atoms with E-state index in [1.54, 1.807) is 4.90 Å². The zero-order valence-electron chi connectivity index (χ0n) is 12.2. The van der Waals surface area contributed by atoms with Gasteiger partial charge in [-0.05, 0) is 38.3 Å². The van der Waals surface area contributed by atoms with E-state index < -0.39 is 11.7 Å². The number of hydrogen-bond donors (Lipinski definition) is 3. The molecule has 114 valence electrons. The standard InChI is InChI=1S/C15H20N2O4/c1-3-10-8-7-9(2)17(10)15(21)16-12-6-4-5-11(13(12)18)14(19)20/h4-6,9-10,18H,3,7-8H2,1-2H3,(H,16,21)(H,19,20). The van der Waals surface area contributed by atoms with Crippen molar-refractivity contribution in [1.29, 1.82) is 0 Å². The second kappa shape index (κ2) is 6.03. The molecule has 2 unspecified atom stereocenters. The van der Waals surface area contributed by atoms with E-state index in [0.29, 0.717) is 0 Å². The van der Waals surface area contributed by atoms with Crippen molar-refractivity contribution in [3.8, 4) is 5.75 Å². The number of likely N-dealkylation sites (tertiary alicyclic amines) is 1. The summed E-state index contributed by atoms with van der Waals surface area (Å²) in [4.78, 5) is 25.1. The molecule has 0 spiro atoms. The van der Waals surface area contributed by atoms with Gasteiger partial charge in [-0.1, -0.05) is 13.0 Å².